The van der Waals surface area contributed by atoms with Gasteiger partial charge in [0.2, 0.25) is 0 Å². The molecule has 0 bridgehead atoms. The van der Waals surface area contributed by atoms with Crippen molar-refractivity contribution in [2.24, 2.45) is 0 Å². The fourth-order valence-electron chi connectivity index (χ4n) is 2.57. The Hall–Kier alpha value is -1.64. The van der Waals surface area contributed by atoms with Crippen molar-refractivity contribution in [3.63, 3.8) is 0 Å². The molecule has 1 aromatic heterocycles. The molecule has 0 unspecified atom stereocenters. The van der Waals surface area contributed by atoms with Gasteiger partial charge in [0.15, 0.2) is 0 Å². The van der Waals surface area contributed by atoms with Crippen LogP contribution in [0.4, 0.5) is 11.5 Å². The fourth-order valence-corrected chi connectivity index (χ4v) is 2.57. The number of piperidine rings is 1. The van der Waals surface area contributed by atoms with Gasteiger partial charge in [-0.05, 0) is 37.5 Å². The molecule has 0 amide bonds. The van der Waals surface area contributed by atoms with Crippen LogP contribution in [0.25, 0.3) is 10.9 Å². The summed E-state index contributed by atoms with van der Waals surface area (Å²) in [5, 5.41) is 1.25. The summed E-state index contributed by atoms with van der Waals surface area (Å²) >= 11 is 0. The van der Waals surface area contributed by atoms with E-state index in [-0.39, 0.29) is 0 Å². The van der Waals surface area contributed by atoms with E-state index in [1.807, 2.05) is 6.07 Å². The molecule has 1 aliphatic rings. The second-order valence-corrected chi connectivity index (χ2v) is 4.51. The third kappa shape index (κ3) is 1.52. The summed E-state index contributed by atoms with van der Waals surface area (Å²) in [6.07, 6.45) is 3.97. The number of nitrogens with zero attached hydrogens (tertiary/aromatic N) is 1. The van der Waals surface area contributed by atoms with Crippen molar-refractivity contribution in [3.05, 3.63) is 24.3 Å². The molecular weight excluding hydrogens is 198 g/mol. The lowest BCUT2D eigenvalue weighted by Gasteiger charge is -2.29. The largest absolute Gasteiger partial charge is 0.385 e. The highest BCUT2D eigenvalue weighted by atomic mass is 15.1. The quantitative estimate of drug-likeness (QED) is 0.768. The number of anilines is 2. The van der Waals surface area contributed by atoms with Gasteiger partial charge in [0.05, 0.1) is 0 Å². The highest BCUT2D eigenvalue weighted by Crippen LogP contribution is 2.30. The van der Waals surface area contributed by atoms with E-state index in [0.29, 0.717) is 0 Å². The van der Waals surface area contributed by atoms with Crippen LogP contribution >= 0.6 is 0 Å². The second kappa shape index (κ2) is 3.74. The summed E-state index contributed by atoms with van der Waals surface area (Å²) in [7, 11) is 0. The molecular formula is C13H17N3. The number of fused-ring (bicyclic) bond motifs is 1. The van der Waals surface area contributed by atoms with Gasteiger partial charge in [0.1, 0.15) is 5.82 Å². The number of nitrogens with two attached hydrogens (primary N) is 1. The third-order valence-electron chi connectivity index (χ3n) is 3.36. The maximum absolute atomic E-state index is 5.81. The Labute approximate surface area is 95.2 Å². The van der Waals surface area contributed by atoms with E-state index in [4.69, 9.17) is 5.73 Å². The van der Waals surface area contributed by atoms with E-state index < -0.39 is 0 Å². The standard InChI is InChI=1S/C13H17N3/c14-13-9-10-11(15-13)5-4-6-12(10)16-7-2-1-3-8-16/h4-6,9,15H,1-3,7-8,14H2. The van der Waals surface area contributed by atoms with Crippen LogP contribution < -0.4 is 10.6 Å². The predicted molar refractivity (Wildman–Crippen MR) is 68.8 cm³/mol. The summed E-state index contributed by atoms with van der Waals surface area (Å²) in [5.74, 6) is 0.749. The minimum Gasteiger partial charge on any atom is -0.385 e. The van der Waals surface area contributed by atoms with Gasteiger partial charge in [0.25, 0.3) is 0 Å². The van der Waals surface area contributed by atoms with Crippen molar-refractivity contribution in [1.29, 1.82) is 0 Å². The zero-order valence-electron chi connectivity index (χ0n) is 9.37. The van der Waals surface area contributed by atoms with E-state index in [2.05, 4.69) is 28.1 Å². The number of aromatic amines is 1. The number of rotatable bonds is 1. The molecule has 0 atom stereocenters. The smallest absolute Gasteiger partial charge is 0.101 e. The lowest BCUT2D eigenvalue weighted by molar-refractivity contribution is 0.579. The van der Waals surface area contributed by atoms with Crippen molar-refractivity contribution >= 4 is 22.4 Å². The first-order chi connectivity index (χ1) is 7.84. The number of H-pyrrole nitrogens is 1. The molecule has 16 heavy (non-hydrogen) atoms. The molecule has 0 saturated carbocycles. The lowest BCUT2D eigenvalue weighted by Crippen LogP contribution is -2.29. The first-order valence-corrected chi connectivity index (χ1v) is 5.97. The van der Waals surface area contributed by atoms with Gasteiger partial charge in [-0.1, -0.05) is 6.07 Å². The summed E-state index contributed by atoms with van der Waals surface area (Å²) in [4.78, 5) is 5.66. The molecule has 0 aliphatic carbocycles. The Kier molecular flexibility index (Phi) is 2.24. The molecule has 2 heterocycles. The first kappa shape index (κ1) is 9.58. The highest BCUT2D eigenvalue weighted by molar-refractivity contribution is 5.95. The molecule has 84 valence electrons. The van der Waals surface area contributed by atoms with Crippen molar-refractivity contribution in [2.75, 3.05) is 23.7 Å². The van der Waals surface area contributed by atoms with E-state index in [9.17, 15) is 0 Å². The van der Waals surface area contributed by atoms with Crippen LogP contribution in [0.1, 0.15) is 19.3 Å². The Morgan fingerprint density at radius 1 is 1.12 bits per heavy atom. The number of aromatic nitrogens is 1. The zero-order chi connectivity index (χ0) is 11.0. The Balaban J connectivity index is 2.07. The molecule has 1 aliphatic heterocycles. The SMILES string of the molecule is Nc1cc2c(N3CCCCC3)cccc2[nH]1. The molecule has 0 radical (unpaired) electrons. The molecule has 1 fully saturated rings. The van der Waals surface area contributed by atoms with Crippen LogP contribution in [0.15, 0.2) is 24.3 Å². The van der Waals surface area contributed by atoms with Gasteiger partial charge >= 0.3 is 0 Å². The van der Waals surface area contributed by atoms with Crippen LogP contribution in [0.3, 0.4) is 0 Å². The maximum atomic E-state index is 5.81. The van der Waals surface area contributed by atoms with Crippen LogP contribution in [0.5, 0.6) is 0 Å². The van der Waals surface area contributed by atoms with E-state index in [0.717, 1.165) is 11.3 Å². The molecule has 3 rings (SSSR count). The van der Waals surface area contributed by atoms with Crippen LogP contribution in [-0.2, 0) is 0 Å². The van der Waals surface area contributed by atoms with Crippen molar-refractivity contribution in [3.8, 4) is 0 Å². The molecule has 3 N–H and O–H groups in total. The van der Waals surface area contributed by atoms with Gasteiger partial charge in [-0.15, -0.1) is 0 Å². The Morgan fingerprint density at radius 3 is 2.75 bits per heavy atom. The number of nitrogens with one attached hydrogen (secondary N) is 1. The van der Waals surface area contributed by atoms with E-state index in [1.54, 1.807) is 0 Å². The molecule has 3 nitrogen and oxygen atoms in total. The normalized spacial score (nSPS) is 16.9. The van der Waals surface area contributed by atoms with Crippen molar-refractivity contribution in [1.82, 2.24) is 4.98 Å². The van der Waals surface area contributed by atoms with Crippen LogP contribution in [0.2, 0.25) is 0 Å². The number of hydrogen-bond acceptors (Lipinski definition) is 2. The highest BCUT2D eigenvalue weighted by Gasteiger charge is 2.13. The lowest BCUT2D eigenvalue weighted by atomic mass is 10.1. The van der Waals surface area contributed by atoms with Crippen LogP contribution in [-0.4, -0.2) is 18.1 Å². The molecule has 2 aromatic rings. The van der Waals surface area contributed by atoms with Crippen molar-refractivity contribution in [2.45, 2.75) is 19.3 Å². The van der Waals surface area contributed by atoms with E-state index in [1.165, 1.54) is 43.4 Å². The van der Waals surface area contributed by atoms with E-state index >= 15 is 0 Å². The van der Waals surface area contributed by atoms with Crippen molar-refractivity contribution < 1.29 is 0 Å². The fraction of sp³-hybridized carbons (Fsp3) is 0.385. The molecule has 1 aromatic carbocycles. The predicted octanol–water partition coefficient (Wildman–Crippen LogP) is 2.74. The minimum atomic E-state index is 0.749. The van der Waals surface area contributed by atoms with Gasteiger partial charge < -0.3 is 15.6 Å². The summed E-state index contributed by atoms with van der Waals surface area (Å²) in [6, 6.07) is 8.42. The van der Waals surface area contributed by atoms with Gasteiger partial charge in [0, 0.05) is 29.7 Å². The molecule has 1 saturated heterocycles. The van der Waals surface area contributed by atoms with Gasteiger partial charge in [-0.2, -0.15) is 0 Å². The van der Waals surface area contributed by atoms with Gasteiger partial charge in [-0.25, -0.2) is 0 Å². The number of hydrogen-bond donors (Lipinski definition) is 2. The minimum absolute atomic E-state index is 0.749. The third-order valence-corrected chi connectivity index (χ3v) is 3.36. The van der Waals surface area contributed by atoms with Gasteiger partial charge in [-0.3, -0.25) is 0 Å². The first-order valence-electron chi connectivity index (χ1n) is 5.97. The zero-order valence-corrected chi connectivity index (χ0v) is 9.37. The maximum Gasteiger partial charge on any atom is 0.101 e. The second-order valence-electron chi connectivity index (χ2n) is 4.51. The topological polar surface area (TPSA) is 45.0 Å². The molecule has 0 spiro atoms. The molecule has 3 heteroatoms. The number of nitrogen functional groups attached to an aromatic ring is 1. The average Bonchev–Trinajstić information content (AvgIpc) is 2.70. The Morgan fingerprint density at radius 2 is 1.94 bits per heavy atom. The van der Waals surface area contributed by atoms with Crippen LogP contribution in [0, 0.1) is 0 Å². The monoisotopic (exact) mass is 215 g/mol. The Bertz CT molecular complexity index is 495. The number of benzene rings is 1. The summed E-state index contributed by atoms with van der Waals surface area (Å²) in [5.41, 5.74) is 8.28. The average molecular weight is 215 g/mol. The summed E-state index contributed by atoms with van der Waals surface area (Å²) in [6.45, 7) is 2.34. The summed E-state index contributed by atoms with van der Waals surface area (Å²) < 4.78 is 0.